The number of carbonyl (C=O) groups is 1. The van der Waals surface area contributed by atoms with Crippen LogP contribution in [-0.4, -0.2) is 38.4 Å². The molecule has 0 spiro atoms. The number of fused-ring (bicyclic) bond motifs is 1. The number of para-hydroxylation sites is 1. The molecular formula is C15H18N4OS. The van der Waals surface area contributed by atoms with Gasteiger partial charge >= 0.3 is 0 Å². The monoisotopic (exact) mass is 302 g/mol. The van der Waals surface area contributed by atoms with Crippen LogP contribution >= 0.6 is 12.2 Å². The topological polar surface area (TPSA) is 72.1 Å². The standard InChI is InChI=1S/C15H18N4OS/c1-10(2)19(9-6-13(16)21)15(20)11-4-3-5-12-14(11)18-8-7-17-12/h3-5,7-8,10H,6,9H2,1-2H3,(H2,16,21). The first-order valence-electron chi connectivity index (χ1n) is 6.79. The lowest BCUT2D eigenvalue weighted by molar-refractivity contribution is 0.0713. The average Bonchev–Trinajstić information content (AvgIpc) is 2.46. The van der Waals surface area contributed by atoms with Gasteiger partial charge in [0.1, 0.15) is 5.52 Å². The van der Waals surface area contributed by atoms with Gasteiger partial charge in [-0.25, -0.2) is 0 Å². The summed E-state index contributed by atoms with van der Waals surface area (Å²) in [5.41, 5.74) is 7.42. The number of nitrogens with zero attached hydrogens (tertiary/aromatic N) is 3. The van der Waals surface area contributed by atoms with Crippen LogP contribution in [0.25, 0.3) is 11.0 Å². The van der Waals surface area contributed by atoms with Crippen LogP contribution in [-0.2, 0) is 0 Å². The van der Waals surface area contributed by atoms with Crippen molar-refractivity contribution < 1.29 is 4.79 Å². The fourth-order valence-corrected chi connectivity index (χ4v) is 2.24. The molecule has 0 fully saturated rings. The van der Waals surface area contributed by atoms with Crippen LogP contribution in [0.15, 0.2) is 30.6 Å². The van der Waals surface area contributed by atoms with Gasteiger partial charge in [-0.15, -0.1) is 0 Å². The molecule has 0 bridgehead atoms. The number of hydrogen-bond donors (Lipinski definition) is 1. The van der Waals surface area contributed by atoms with Gasteiger partial charge in [0.2, 0.25) is 0 Å². The molecule has 0 unspecified atom stereocenters. The Bertz CT molecular complexity index is 666. The number of hydrogen-bond acceptors (Lipinski definition) is 4. The molecule has 0 aliphatic carbocycles. The van der Waals surface area contributed by atoms with E-state index in [0.717, 1.165) is 0 Å². The van der Waals surface area contributed by atoms with E-state index in [0.29, 0.717) is 34.6 Å². The zero-order chi connectivity index (χ0) is 15.4. The lowest BCUT2D eigenvalue weighted by atomic mass is 10.1. The van der Waals surface area contributed by atoms with Crippen molar-refractivity contribution in [2.75, 3.05) is 6.54 Å². The highest BCUT2D eigenvalue weighted by molar-refractivity contribution is 7.80. The third kappa shape index (κ3) is 3.52. The molecule has 0 aliphatic heterocycles. The molecule has 0 saturated heterocycles. The van der Waals surface area contributed by atoms with Crippen LogP contribution in [0.5, 0.6) is 0 Å². The summed E-state index contributed by atoms with van der Waals surface area (Å²) in [7, 11) is 0. The highest BCUT2D eigenvalue weighted by Crippen LogP contribution is 2.17. The SMILES string of the molecule is CC(C)N(CCC(N)=S)C(=O)c1cccc2nccnc12. The molecule has 5 nitrogen and oxygen atoms in total. The second kappa shape index (κ2) is 6.58. The Morgan fingerprint density at radius 3 is 2.71 bits per heavy atom. The van der Waals surface area contributed by atoms with Crippen LogP contribution < -0.4 is 5.73 Å². The van der Waals surface area contributed by atoms with Crippen LogP contribution in [0.2, 0.25) is 0 Å². The fraction of sp³-hybridized carbons (Fsp3) is 0.333. The molecule has 2 N–H and O–H groups in total. The van der Waals surface area contributed by atoms with Crippen molar-refractivity contribution in [1.82, 2.24) is 14.9 Å². The first-order valence-corrected chi connectivity index (χ1v) is 7.20. The minimum atomic E-state index is -0.0765. The Morgan fingerprint density at radius 2 is 2.05 bits per heavy atom. The summed E-state index contributed by atoms with van der Waals surface area (Å²) in [6.07, 6.45) is 3.72. The van der Waals surface area contributed by atoms with E-state index < -0.39 is 0 Å². The van der Waals surface area contributed by atoms with Crippen molar-refractivity contribution in [3.8, 4) is 0 Å². The highest BCUT2D eigenvalue weighted by atomic mass is 32.1. The smallest absolute Gasteiger partial charge is 0.256 e. The van der Waals surface area contributed by atoms with Gasteiger partial charge in [0.05, 0.1) is 16.1 Å². The minimum absolute atomic E-state index is 0.0544. The van der Waals surface area contributed by atoms with Gasteiger partial charge in [0, 0.05) is 31.4 Å². The zero-order valence-corrected chi connectivity index (χ0v) is 12.9. The van der Waals surface area contributed by atoms with Gasteiger partial charge in [-0.3, -0.25) is 14.8 Å². The van der Waals surface area contributed by atoms with Gasteiger partial charge < -0.3 is 10.6 Å². The van der Waals surface area contributed by atoms with Crippen LogP contribution in [0.4, 0.5) is 0 Å². The molecule has 1 amide bonds. The molecular weight excluding hydrogens is 284 g/mol. The molecule has 0 atom stereocenters. The molecule has 0 saturated carbocycles. The number of rotatable bonds is 5. The summed E-state index contributed by atoms with van der Waals surface area (Å²) in [5, 5.41) is 0. The van der Waals surface area contributed by atoms with Crippen LogP contribution in [0.1, 0.15) is 30.6 Å². The van der Waals surface area contributed by atoms with Gasteiger partial charge in [-0.1, -0.05) is 18.3 Å². The molecule has 1 aromatic carbocycles. The quantitative estimate of drug-likeness (QED) is 0.857. The molecule has 110 valence electrons. The van der Waals surface area contributed by atoms with Crippen molar-refractivity contribution in [1.29, 1.82) is 0 Å². The van der Waals surface area contributed by atoms with E-state index in [9.17, 15) is 4.79 Å². The number of benzene rings is 1. The van der Waals surface area contributed by atoms with E-state index in [2.05, 4.69) is 9.97 Å². The second-order valence-corrected chi connectivity index (χ2v) is 5.56. The maximum atomic E-state index is 12.8. The number of thiocarbonyl (C=S) groups is 1. The lowest BCUT2D eigenvalue weighted by Gasteiger charge is -2.27. The molecule has 1 aromatic heterocycles. The van der Waals surface area contributed by atoms with E-state index >= 15 is 0 Å². The summed E-state index contributed by atoms with van der Waals surface area (Å²) in [6.45, 7) is 4.44. The van der Waals surface area contributed by atoms with E-state index in [1.165, 1.54) is 0 Å². The normalized spacial score (nSPS) is 10.8. The Morgan fingerprint density at radius 1 is 1.33 bits per heavy atom. The average molecular weight is 302 g/mol. The predicted octanol–water partition coefficient (Wildman–Crippen LogP) is 2.16. The number of amides is 1. The third-order valence-corrected chi connectivity index (χ3v) is 3.42. The summed E-state index contributed by atoms with van der Waals surface area (Å²) < 4.78 is 0. The molecule has 2 aromatic rings. The van der Waals surface area contributed by atoms with Gasteiger partial charge in [0.25, 0.3) is 5.91 Å². The maximum absolute atomic E-state index is 12.8. The van der Waals surface area contributed by atoms with Crippen molar-refractivity contribution in [2.45, 2.75) is 26.3 Å². The third-order valence-electron chi connectivity index (χ3n) is 3.21. The highest BCUT2D eigenvalue weighted by Gasteiger charge is 2.21. The predicted molar refractivity (Wildman–Crippen MR) is 87.1 cm³/mol. The molecule has 2 rings (SSSR count). The van der Waals surface area contributed by atoms with Crippen LogP contribution in [0, 0.1) is 0 Å². The van der Waals surface area contributed by atoms with Crippen molar-refractivity contribution in [3.05, 3.63) is 36.2 Å². The number of aromatic nitrogens is 2. The molecule has 0 aliphatic rings. The summed E-state index contributed by atoms with van der Waals surface area (Å²) >= 11 is 4.90. The number of carbonyl (C=O) groups excluding carboxylic acids is 1. The van der Waals surface area contributed by atoms with Gasteiger partial charge in [0.15, 0.2) is 0 Å². The largest absolute Gasteiger partial charge is 0.393 e. The summed E-state index contributed by atoms with van der Waals surface area (Å²) in [6, 6.07) is 5.48. The van der Waals surface area contributed by atoms with Crippen LogP contribution in [0.3, 0.4) is 0 Å². The van der Waals surface area contributed by atoms with E-state index in [-0.39, 0.29) is 11.9 Å². The lowest BCUT2D eigenvalue weighted by Crippen LogP contribution is -2.39. The Balaban J connectivity index is 2.37. The van der Waals surface area contributed by atoms with E-state index in [1.54, 1.807) is 23.4 Å². The van der Waals surface area contributed by atoms with E-state index in [4.69, 9.17) is 18.0 Å². The second-order valence-electron chi connectivity index (χ2n) is 5.04. The summed E-state index contributed by atoms with van der Waals surface area (Å²) in [5.74, 6) is -0.0765. The van der Waals surface area contributed by atoms with E-state index in [1.807, 2.05) is 26.0 Å². The number of nitrogens with two attached hydrogens (primary N) is 1. The van der Waals surface area contributed by atoms with Crippen molar-refractivity contribution >= 4 is 34.1 Å². The van der Waals surface area contributed by atoms with Crippen molar-refractivity contribution in [2.24, 2.45) is 5.73 Å². The summed E-state index contributed by atoms with van der Waals surface area (Å²) in [4.78, 5) is 23.5. The van der Waals surface area contributed by atoms with Gasteiger partial charge in [-0.2, -0.15) is 0 Å². The maximum Gasteiger partial charge on any atom is 0.256 e. The molecule has 0 radical (unpaired) electrons. The zero-order valence-electron chi connectivity index (χ0n) is 12.1. The first kappa shape index (κ1) is 15.3. The first-order chi connectivity index (χ1) is 10.0. The fourth-order valence-electron chi connectivity index (χ4n) is 2.14. The Labute approximate surface area is 129 Å². The minimum Gasteiger partial charge on any atom is -0.393 e. The van der Waals surface area contributed by atoms with Crippen molar-refractivity contribution in [3.63, 3.8) is 0 Å². The molecule has 21 heavy (non-hydrogen) atoms. The molecule has 6 heteroatoms. The Hall–Kier alpha value is -2.08. The van der Waals surface area contributed by atoms with Gasteiger partial charge in [-0.05, 0) is 26.0 Å². The molecule has 1 heterocycles. The Kier molecular flexibility index (Phi) is 4.80.